The first-order valence-corrected chi connectivity index (χ1v) is 9.67. The highest BCUT2D eigenvalue weighted by Gasteiger charge is 2.02. The van der Waals surface area contributed by atoms with Crippen LogP contribution in [0.2, 0.25) is 0 Å². The zero-order chi connectivity index (χ0) is 18.3. The van der Waals surface area contributed by atoms with Crippen LogP contribution >= 0.6 is 0 Å². The number of carbonyl (C=O) groups is 2. The first-order chi connectivity index (χ1) is 12.1. The Morgan fingerprint density at radius 1 is 0.800 bits per heavy atom. The van der Waals surface area contributed by atoms with Crippen molar-refractivity contribution < 1.29 is 14.7 Å². The molecule has 0 atom stereocenters. The summed E-state index contributed by atoms with van der Waals surface area (Å²) in [4.78, 5) is 22.2. The maximum Gasteiger partial charge on any atom is 0.328 e. The lowest BCUT2D eigenvalue weighted by molar-refractivity contribution is -0.131. The standard InChI is InChI=1S/C22H32O3/c1-2-3-4-5-6-7-8-9-10-11-12-19-13-15-20(16-14-19)21(23)17-18-22(24)25/h13-18H,2-12H2,1H3,(H,24,25)/b18-17+. The molecule has 0 bridgehead atoms. The van der Waals surface area contributed by atoms with Gasteiger partial charge in [0.15, 0.2) is 5.78 Å². The van der Waals surface area contributed by atoms with Gasteiger partial charge in [-0.25, -0.2) is 4.79 Å². The van der Waals surface area contributed by atoms with E-state index in [0.717, 1.165) is 18.6 Å². The minimum atomic E-state index is -1.11. The molecule has 3 nitrogen and oxygen atoms in total. The van der Waals surface area contributed by atoms with Gasteiger partial charge in [0.25, 0.3) is 0 Å². The molecule has 0 aromatic heterocycles. The van der Waals surface area contributed by atoms with Crippen LogP contribution in [0.4, 0.5) is 0 Å². The minimum absolute atomic E-state index is 0.270. The van der Waals surface area contributed by atoms with Gasteiger partial charge in [-0.1, -0.05) is 89.0 Å². The van der Waals surface area contributed by atoms with E-state index in [9.17, 15) is 9.59 Å². The topological polar surface area (TPSA) is 54.4 Å². The summed E-state index contributed by atoms with van der Waals surface area (Å²) < 4.78 is 0. The van der Waals surface area contributed by atoms with E-state index in [4.69, 9.17) is 5.11 Å². The van der Waals surface area contributed by atoms with Gasteiger partial charge in [0, 0.05) is 11.6 Å². The molecular weight excluding hydrogens is 312 g/mol. The van der Waals surface area contributed by atoms with E-state index >= 15 is 0 Å². The van der Waals surface area contributed by atoms with E-state index < -0.39 is 5.97 Å². The molecular formula is C22H32O3. The maximum atomic E-state index is 11.8. The predicted molar refractivity (Wildman–Crippen MR) is 103 cm³/mol. The zero-order valence-electron chi connectivity index (χ0n) is 15.5. The third-order valence-electron chi connectivity index (χ3n) is 4.43. The van der Waals surface area contributed by atoms with Crippen LogP contribution in [0.5, 0.6) is 0 Å². The van der Waals surface area contributed by atoms with Crippen LogP contribution in [-0.2, 0) is 11.2 Å². The van der Waals surface area contributed by atoms with Gasteiger partial charge in [-0.15, -0.1) is 0 Å². The fourth-order valence-electron chi connectivity index (χ4n) is 2.90. The SMILES string of the molecule is CCCCCCCCCCCCc1ccc(C(=O)/C=C/C(=O)O)cc1. The van der Waals surface area contributed by atoms with E-state index in [2.05, 4.69) is 6.92 Å². The van der Waals surface area contributed by atoms with E-state index in [1.807, 2.05) is 12.1 Å². The summed E-state index contributed by atoms with van der Waals surface area (Å²) >= 11 is 0. The van der Waals surface area contributed by atoms with Crippen molar-refractivity contribution in [2.24, 2.45) is 0 Å². The number of carboxylic acids is 1. The van der Waals surface area contributed by atoms with Crippen molar-refractivity contribution in [3.63, 3.8) is 0 Å². The summed E-state index contributed by atoms with van der Waals surface area (Å²) in [6, 6.07) is 7.49. The van der Waals surface area contributed by atoms with Gasteiger partial charge in [0.2, 0.25) is 0 Å². The smallest absolute Gasteiger partial charge is 0.328 e. The fourth-order valence-corrected chi connectivity index (χ4v) is 2.90. The number of aryl methyl sites for hydroxylation is 1. The molecule has 0 aliphatic carbocycles. The van der Waals surface area contributed by atoms with E-state index in [-0.39, 0.29) is 5.78 Å². The third kappa shape index (κ3) is 10.5. The van der Waals surface area contributed by atoms with Crippen LogP contribution in [0.25, 0.3) is 0 Å². The van der Waals surface area contributed by atoms with Gasteiger partial charge in [-0.05, 0) is 24.5 Å². The summed E-state index contributed by atoms with van der Waals surface area (Å²) in [6.45, 7) is 2.25. The van der Waals surface area contributed by atoms with Crippen molar-refractivity contribution in [2.75, 3.05) is 0 Å². The molecule has 0 aliphatic heterocycles. The number of carbonyl (C=O) groups excluding carboxylic acids is 1. The second-order valence-electron chi connectivity index (χ2n) is 6.66. The lowest BCUT2D eigenvalue weighted by atomic mass is 10.0. The van der Waals surface area contributed by atoms with Gasteiger partial charge in [-0.2, -0.15) is 0 Å². The van der Waals surface area contributed by atoms with Crippen LogP contribution < -0.4 is 0 Å². The highest BCUT2D eigenvalue weighted by molar-refractivity contribution is 6.06. The Bertz CT molecular complexity index is 529. The van der Waals surface area contributed by atoms with Crippen molar-refractivity contribution >= 4 is 11.8 Å². The molecule has 0 saturated heterocycles. The normalized spacial score (nSPS) is 11.1. The van der Waals surface area contributed by atoms with E-state index in [0.29, 0.717) is 5.56 Å². The highest BCUT2D eigenvalue weighted by Crippen LogP contribution is 2.13. The summed E-state index contributed by atoms with van der Waals surface area (Å²) in [5, 5.41) is 8.54. The Kier molecular flexibility index (Phi) is 11.3. The number of hydrogen-bond donors (Lipinski definition) is 1. The molecule has 0 radical (unpaired) electrons. The number of unbranched alkanes of at least 4 members (excludes halogenated alkanes) is 9. The summed E-state index contributed by atoms with van der Waals surface area (Å²) in [5.41, 5.74) is 1.77. The molecule has 0 spiro atoms. The van der Waals surface area contributed by atoms with Crippen molar-refractivity contribution in [1.82, 2.24) is 0 Å². The average Bonchev–Trinajstić information content (AvgIpc) is 2.61. The monoisotopic (exact) mass is 344 g/mol. The number of allylic oxidation sites excluding steroid dienone is 1. The molecule has 1 aromatic rings. The Hall–Kier alpha value is -1.90. The predicted octanol–water partition coefficient (Wildman–Crippen LogP) is 5.97. The van der Waals surface area contributed by atoms with Gasteiger partial charge in [0.05, 0.1) is 0 Å². The second kappa shape index (κ2) is 13.4. The van der Waals surface area contributed by atoms with Crippen LogP contribution in [0, 0.1) is 0 Å². The van der Waals surface area contributed by atoms with Gasteiger partial charge >= 0.3 is 5.97 Å². The van der Waals surface area contributed by atoms with E-state index in [1.165, 1.54) is 69.8 Å². The van der Waals surface area contributed by atoms with Crippen molar-refractivity contribution in [2.45, 2.75) is 77.6 Å². The number of carboxylic acid groups (broad SMARTS) is 1. The Balaban J connectivity index is 2.13. The number of ketones is 1. The number of hydrogen-bond acceptors (Lipinski definition) is 2. The second-order valence-corrected chi connectivity index (χ2v) is 6.66. The van der Waals surface area contributed by atoms with Gasteiger partial charge in [-0.3, -0.25) is 4.79 Å². The summed E-state index contributed by atoms with van der Waals surface area (Å²) in [5.74, 6) is -1.38. The molecule has 3 heteroatoms. The van der Waals surface area contributed by atoms with Gasteiger partial charge < -0.3 is 5.11 Å². The quantitative estimate of drug-likeness (QED) is 0.257. The Morgan fingerprint density at radius 3 is 1.84 bits per heavy atom. The molecule has 25 heavy (non-hydrogen) atoms. The summed E-state index contributed by atoms with van der Waals surface area (Å²) in [7, 11) is 0. The van der Waals surface area contributed by atoms with Crippen molar-refractivity contribution in [1.29, 1.82) is 0 Å². The Morgan fingerprint density at radius 2 is 1.32 bits per heavy atom. The molecule has 0 heterocycles. The highest BCUT2D eigenvalue weighted by atomic mass is 16.4. The third-order valence-corrected chi connectivity index (χ3v) is 4.43. The van der Waals surface area contributed by atoms with Crippen LogP contribution in [0.1, 0.15) is 87.1 Å². The lowest BCUT2D eigenvalue weighted by Crippen LogP contribution is -1.97. The largest absolute Gasteiger partial charge is 0.478 e. The molecule has 1 N–H and O–H groups in total. The minimum Gasteiger partial charge on any atom is -0.478 e. The number of aliphatic carboxylic acids is 1. The maximum absolute atomic E-state index is 11.8. The lowest BCUT2D eigenvalue weighted by Gasteiger charge is -2.04. The van der Waals surface area contributed by atoms with Gasteiger partial charge in [0.1, 0.15) is 0 Å². The number of benzene rings is 1. The molecule has 1 rings (SSSR count). The number of rotatable bonds is 14. The van der Waals surface area contributed by atoms with Crippen LogP contribution in [0.15, 0.2) is 36.4 Å². The first-order valence-electron chi connectivity index (χ1n) is 9.67. The molecule has 0 saturated carbocycles. The molecule has 0 amide bonds. The zero-order valence-corrected chi connectivity index (χ0v) is 15.5. The van der Waals surface area contributed by atoms with E-state index in [1.54, 1.807) is 12.1 Å². The summed E-state index contributed by atoms with van der Waals surface area (Å²) in [6.07, 6.45) is 16.3. The first kappa shape index (κ1) is 21.1. The molecule has 0 aliphatic rings. The average molecular weight is 344 g/mol. The molecule has 0 unspecified atom stereocenters. The van der Waals surface area contributed by atoms with Crippen LogP contribution in [-0.4, -0.2) is 16.9 Å². The molecule has 0 fully saturated rings. The molecule has 1 aromatic carbocycles. The molecule has 138 valence electrons. The Labute approximate surface area is 152 Å². The van der Waals surface area contributed by atoms with Crippen LogP contribution in [0.3, 0.4) is 0 Å². The fraction of sp³-hybridized carbons (Fsp3) is 0.545. The van der Waals surface area contributed by atoms with Crippen molar-refractivity contribution in [3.8, 4) is 0 Å². The van der Waals surface area contributed by atoms with Crippen molar-refractivity contribution in [3.05, 3.63) is 47.5 Å².